The van der Waals surface area contributed by atoms with Crippen LogP contribution >= 0.6 is 0 Å². The summed E-state index contributed by atoms with van der Waals surface area (Å²) in [5.74, 6) is -1.19. The lowest BCUT2D eigenvalue weighted by Crippen LogP contribution is -2.42. The van der Waals surface area contributed by atoms with Crippen molar-refractivity contribution in [2.24, 2.45) is 0 Å². The van der Waals surface area contributed by atoms with Gasteiger partial charge >= 0.3 is 5.97 Å². The van der Waals surface area contributed by atoms with Crippen LogP contribution in [-0.4, -0.2) is 39.8 Å². The minimum Gasteiger partial charge on any atom is -0.480 e. The van der Waals surface area contributed by atoms with Crippen LogP contribution in [0.15, 0.2) is 18.3 Å². The summed E-state index contributed by atoms with van der Waals surface area (Å²) in [6, 6.07) is 3.36. The van der Waals surface area contributed by atoms with E-state index in [1.165, 1.54) is 4.57 Å². The second-order valence-electron chi connectivity index (χ2n) is 5.10. The molecule has 2 aliphatic rings. The van der Waals surface area contributed by atoms with E-state index in [4.69, 9.17) is 9.84 Å². The number of nitrogens with zero attached hydrogens (tertiary/aromatic N) is 1. The largest absolute Gasteiger partial charge is 0.480 e. The van der Waals surface area contributed by atoms with Crippen molar-refractivity contribution < 1.29 is 19.4 Å². The molecule has 6 nitrogen and oxygen atoms in total. The summed E-state index contributed by atoms with van der Waals surface area (Å²) in [6.07, 6.45) is 4.92. The number of rotatable bonds is 4. The number of hydrogen-bond donors (Lipinski definition) is 2. The van der Waals surface area contributed by atoms with Crippen LogP contribution < -0.4 is 5.32 Å². The predicted octanol–water partition coefficient (Wildman–Crippen LogP) is 0.622. The molecule has 6 heteroatoms. The Hall–Kier alpha value is -1.82. The first-order chi connectivity index (χ1) is 9.13. The van der Waals surface area contributed by atoms with E-state index in [1.54, 1.807) is 18.3 Å². The molecule has 0 radical (unpaired) electrons. The summed E-state index contributed by atoms with van der Waals surface area (Å²) in [5, 5.41) is 11.7. The van der Waals surface area contributed by atoms with Crippen molar-refractivity contribution in [1.82, 2.24) is 9.88 Å². The number of carboxylic acid groups (broad SMARTS) is 1. The van der Waals surface area contributed by atoms with Gasteiger partial charge in [0.2, 0.25) is 0 Å². The van der Waals surface area contributed by atoms with Gasteiger partial charge < -0.3 is 19.7 Å². The van der Waals surface area contributed by atoms with Gasteiger partial charge in [-0.15, -0.1) is 0 Å². The Morgan fingerprint density at radius 2 is 2.32 bits per heavy atom. The highest BCUT2D eigenvalue weighted by Crippen LogP contribution is 2.34. The van der Waals surface area contributed by atoms with Crippen molar-refractivity contribution in [2.75, 3.05) is 0 Å². The minimum absolute atomic E-state index is 0.0550. The molecule has 3 heterocycles. The van der Waals surface area contributed by atoms with Gasteiger partial charge in [-0.1, -0.05) is 0 Å². The number of hydrogen-bond acceptors (Lipinski definition) is 3. The lowest BCUT2D eigenvalue weighted by molar-refractivity contribution is -0.137. The zero-order valence-corrected chi connectivity index (χ0v) is 10.4. The molecule has 1 aromatic heterocycles. The molecule has 0 spiro atoms. The van der Waals surface area contributed by atoms with Gasteiger partial charge in [0.05, 0.1) is 18.2 Å². The van der Waals surface area contributed by atoms with Crippen molar-refractivity contribution in [2.45, 2.75) is 44.1 Å². The number of aromatic nitrogens is 1. The predicted molar refractivity (Wildman–Crippen MR) is 65.8 cm³/mol. The summed E-state index contributed by atoms with van der Waals surface area (Å²) in [6.45, 7) is -0.205. The molecule has 0 saturated carbocycles. The molecule has 2 saturated heterocycles. The fraction of sp³-hybridized carbons (Fsp3) is 0.538. The van der Waals surface area contributed by atoms with Gasteiger partial charge in [0, 0.05) is 6.20 Å². The number of carboxylic acids is 1. The lowest BCUT2D eigenvalue weighted by atomic mass is 9.95. The third-order valence-electron chi connectivity index (χ3n) is 3.79. The molecule has 1 aromatic rings. The average Bonchev–Trinajstić information content (AvgIpc) is 3.03. The molecular formula is C13H16N2O4. The van der Waals surface area contributed by atoms with E-state index in [9.17, 15) is 9.59 Å². The standard InChI is InChI=1S/C13H16N2O4/c16-12(17)7-15-5-1-2-10(15)13(18)14-9-6-8-3-4-11(9)19-8/h1-2,5,8-9,11H,3-4,6-7H2,(H,14,18)(H,16,17). The fourth-order valence-corrected chi connectivity index (χ4v) is 2.94. The van der Waals surface area contributed by atoms with Crippen molar-refractivity contribution in [3.8, 4) is 0 Å². The second kappa shape index (κ2) is 4.70. The number of carbonyl (C=O) groups is 2. The highest BCUT2D eigenvalue weighted by Gasteiger charge is 2.41. The van der Waals surface area contributed by atoms with Crippen molar-refractivity contribution >= 4 is 11.9 Å². The van der Waals surface area contributed by atoms with Crippen LogP contribution in [0.4, 0.5) is 0 Å². The molecule has 2 bridgehead atoms. The van der Waals surface area contributed by atoms with Gasteiger partial charge in [-0.3, -0.25) is 9.59 Å². The Morgan fingerprint density at radius 1 is 1.47 bits per heavy atom. The first kappa shape index (κ1) is 12.2. The first-order valence-electron chi connectivity index (χ1n) is 6.47. The van der Waals surface area contributed by atoms with Crippen molar-refractivity contribution in [1.29, 1.82) is 0 Å². The van der Waals surface area contributed by atoms with E-state index in [-0.39, 0.29) is 30.7 Å². The highest BCUT2D eigenvalue weighted by molar-refractivity contribution is 5.93. The molecular weight excluding hydrogens is 248 g/mol. The van der Waals surface area contributed by atoms with Crippen molar-refractivity contribution in [3.63, 3.8) is 0 Å². The normalized spacial score (nSPS) is 28.5. The van der Waals surface area contributed by atoms with E-state index in [1.807, 2.05) is 0 Å². The zero-order valence-electron chi connectivity index (χ0n) is 10.4. The Balaban J connectivity index is 1.67. The quantitative estimate of drug-likeness (QED) is 0.835. The smallest absolute Gasteiger partial charge is 0.323 e. The maximum atomic E-state index is 12.2. The van der Waals surface area contributed by atoms with Crippen LogP contribution in [0.1, 0.15) is 29.8 Å². The fourth-order valence-electron chi connectivity index (χ4n) is 2.94. The Morgan fingerprint density at radius 3 is 2.95 bits per heavy atom. The Labute approximate surface area is 110 Å². The highest BCUT2D eigenvalue weighted by atomic mass is 16.5. The maximum absolute atomic E-state index is 12.2. The van der Waals surface area contributed by atoms with E-state index < -0.39 is 5.97 Å². The van der Waals surface area contributed by atoms with Crippen LogP contribution in [0.5, 0.6) is 0 Å². The summed E-state index contributed by atoms with van der Waals surface area (Å²) >= 11 is 0. The number of nitrogens with one attached hydrogen (secondary N) is 1. The Kier molecular flexibility index (Phi) is 3.02. The van der Waals surface area contributed by atoms with Crippen LogP contribution in [-0.2, 0) is 16.1 Å². The topological polar surface area (TPSA) is 80.6 Å². The molecule has 19 heavy (non-hydrogen) atoms. The third-order valence-corrected chi connectivity index (χ3v) is 3.79. The van der Waals surface area contributed by atoms with Crippen LogP contribution in [0, 0.1) is 0 Å². The second-order valence-corrected chi connectivity index (χ2v) is 5.10. The monoisotopic (exact) mass is 264 g/mol. The molecule has 3 atom stereocenters. The molecule has 0 aromatic carbocycles. The number of fused-ring (bicyclic) bond motifs is 2. The molecule has 3 rings (SSSR count). The number of ether oxygens (including phenoxy) is 1. The first-order valence-corrected chi connectivity index (χ1v) is 6.47. The molecule has 102 valence electrons. The lowest BCUT2D eigenvalue weighted by Gasteiger charge is -2.20. The number of aliphatic carboxylic acids is 1. The molecule has 2 N–H and O–H groups in total. The Bertz CT molecular complexity index is 510. The van der Waals surface area contributed by atoms with Gasteiger partial charge in [0.15, 0.2) is 0 Å². The summed E-state index contributed by atoms with van der Waals surface area (Å²) in [5.41, 5.74) is 0.380. The SMILES string of the molecule is O=C(O)Cn1cccc1C(=O)NC1CC2CCC1O2. The van der Waals surface area contributed by atoms with E-state index in [0.29, 0.717) is 5.69 Å². The zero-order chi connectivity index (χ0) is 13.4. The van der Waals surface area contributed by atoms with Crippen LogP contribution in [0.3, 0.4) is 0 Å². The minimum atomic E-state index is -0.964. The van der Waals surface area contributed by atoms with E-state index >= 15 is 0 Å². The van der Waals surface area contributed by atoms with Crippen LogP contribution in [0.25, 0.3) is 0 Å². The molecule has 1 amide bonds. The van der Waals surface area contributed by atoms with Crippen molar-refractivity contribution in [3.05, 3.63) is 24.0 Å². The van der Waals surface area contributed by atoms with Crippen LogP contribution in [0.2, 0.25) is 0 Å². The van der Waals surface area contributed by atoms with Gasteiger partial charge in [0.1, 0.15) is 12.2 Å². The van der Waals surface area contributed by atoms with Gasteiger partial charge in [-0.2, -0.15) is 0 Å². The number of amides is 1. The van der Waals surface area contributed by atoms with E-state index in [0.717, 1.165) is 19.3 Å². The summed E-state index contributed by atoms with van der Waals surface area (Å²) in [7, 11) is 0. The summed E-state index contributed by atoms with van der Waals surface area (Å²) < 4.78 is 7.12. The third kappa shape index (κ3) is 2.35. The molecule has 0 aliphatic carbocycles. The van der Waals surface area contributed by atoms with Gasteiger partial charge in [0.25, 0.3) is 5.91 Å². The summed E-state index contributed by atoms with van der Waals surface area (Å²) in [4.78, 5) is 22.9. The average molecular weight is 264 g/mol. The van der Waals surface area contributed by atoms with Gasteiger partial charge in [-0.25, -0.2) is 0 Å². The maximum Gasteiger partial charge on any atom is 0.323 e. The van der Waals surface area contributed by atoms with E-state index in [2.05, 4.69) is 5.32 Å². The molecule has 3 unspecified atom stereocenters. The molecule has 2 aliphatic heterocycles. The number of carbonyl (C=O) groups excluding carboxylic acids is 1. The molecule has 2 fully saturated rings. The van der Waals surface area contributed by atoms with Gasteiger partial charge in [-0.05, 0) is 31.4 Å².